The first-order chi connectivity index (χ1) is 7.40. The lowest BCUT2D eigenvalue weighted by atomic mass is 10.2. The maximum Gasteiger partial charge on any atom is 0.262 e. The molecule has 0 heterocycles. The standard InChI is InChI=1S/C11H24N2O3/c1-5-6-9(10(14)13-12)15-7-8-16-11(2,3)4/h9H,5-8,12H2,1-4H3,(H,13,14). The lowest BCUT2D eigenvalue weighted by Gasteiger charge is -2.21. The fraction of sp³-hybridized carbons (Fsp3) is 0.909. The minimum atomic E-state index is -0.474. The Hall–Kier alpha value is -0.650. The van der Waals surface area contributed by atoms with E-state index in [0.29, 0.717) is 19.6 Å². The first kappa shape index (κ1) is 15.3. The highest BCUT2D eigenvalue weighted by molar-refractivity contribution is 5.80. The summed E-state index contributed by atoms with van der Waals surface area (Å²) >= 11 is 0. The van der Waals surface area contributed by atoms with E-state index in [1.54, 1.807) is 0 Å². The lowest BCUT2D eigenvalue weighted by molar-refractivity contribution is -0.135. The second-order valence-electron chi connectivity index (χ2n) is 4.62. The molecule has 0 aromatic rings. The fourth-order valence-corrected chi connectivity index (χ4v) is 1.18. The van der Waals surface area contributed by atoms with Gasteiger partial charge in [0.05, 0.1) is 18.8 Å². The van der Waals surface area contributed by atoms with Gasteiger partial charge >= 0.3 is 0 Å². The van der Waals surface area contributed by atoms with Crippen LogP contribution in [-0.4, -0.2) is 30.8 Å². The maximum atomic E-state index is 11.3. The van der Waals surface area contributed by atoms with Gasteiger partial charge in [0, 0.05) is 0 Å². The van der Waals surface area contributed by atoms with Gasteiger partial charge in [-0.3, -0.25) is 10.2 Å². The van der Waals surface area contributed by atoms with Gasteiger partial charge in [0.25, 0.3) is 5.91 Å². The Kier molecular flexibility index (Phi) is 7.29. The Balaban J connectivity index is 3.81. The van der Waals surface area contributed by atoms with Crippen molar-refractivity contribution in [1.29, 1.82) is 0 Å². The van der Waals surface area contributed by atoms with Gasteiger partial charge in [-0.1, -0.05) is 13.3 Å². The molecular formula is C11H24N2O3. The van der Waals surface area contributed by atoms with Gasteiger partial charge < -0.3 is 9.47 Å². The van der Waals surface area contributed by atoms with Crippen LogP contribution in [0, 0.1) is 0 Å². The molecule has 0 spiro atoms. The van der Waals surface area contributed by atoms with E-state index < -0.39 is 6.10 Å². The highest BCUT2D eigenvalue weighted by Gasteiger charge is 2.17. The monoisotopic (exact) mass is 232 g/mol. The molecule has 0 rings (SSSR count). The number of amides is 1. The molecular weight excluding hydrogens is 208 g/mol. The topological polar surface area (TPSA) is 73.6 Å². The van der Waals surface area contributed by atoms with Crippen molar-refractivity contribution in [3.05, 3.63) is 0 Å². The van der Waals surface area contributed by atoms with Gasteiger partial charge in [0.15, 0.2) is 0 Å². The first-order valence-corrected chi connectivity index (χ1v) is 5.66. The van der Waals surface area contributed by atoms with E-state index in [4.69, 9.17) is 15.3 Å². The number of hydrogen-bond acceptors (Lipinski definition) is 4. The normalized spacial score (nSPS) is 13.6. The van der Waals surface area contributed by atoms with Gasteiger partial charge in [-0.15, -0.1) is 0 Å². The predicted molar refractivity (Wildman–Crippen MR) is 62.7 cm³/mol. The fourth-order valence-electron chi connectivity index (χ4n) is 1.18. The van der Waals surface area contributed by atoms with Crippen LogP contribution in [0.1, 0.15) is 40.5 Å². The average Bonchev–Trinajstić information content (AvgIpc) is 2.20. The molecule has 0 saturated heterocycles. The molecule has 0 fully saturated rings. The summed E-state index contributed by atoms with van der Waals surface area (Å²) in [6.07, 6.45) is 1.06. The van der Waals surface area contributed by atoms with E-state index in [0.717, 1.165) is 6.42 Å². The Morgan fingerprint density at radius 3 is 2.44 bits per heavy atom. The summed E-state index contributed by atoms with van der Waals surface area (Å²) in [4.78, 5) is 11.3. The molecule has 3 N–H and O–H groups in total. The highest BCUT2D eigenvalue weighted by atomic mass is 16.5. The Morgan fingerprint density at radius 1 is 1.38 bits per heavy atom. The molecule has 96 valence electrons. The minimum absolute atomic E-state index is 0.181. The van der Waals surface area contributed by atoms with Crippen LogP contribution >= 0.6 is 0 Å². The molecule has 1 atom stereocenters. The third-order valence-corrected chi connectivity index (χ3v) is 1.92. The number of carbonyl (C=O) groups is 1. The van der Waals surface area contributed by atoms with Gasteiger partial charge in [-0.25, -0.2) is 5.84 Å². The van der Waals surface area contributed by atoms with Crippen molar-refractivity contribution < 1.29 is 14.3 Å². The van der Waals surface area contributed by atoms with Crippen LogP contribution in [0.15, 0.2) is 0 Å². The second kappa shape index (κ2) is 7.60. The van der Waals surface area contributed by atoms with Gasteiger partial charge in [0.2, 0.25) is 0 Å². The van der Waals surface area contributed by atoms with Crippen molar-refractivity contribution in [1.82, 2.24) is 5.43 Å². The van der Waals surface area contributed by atoms with Crippen molar-refractivity contribution in [3.63, 3.8) is 0 Å². The zero-order valence-electron chi connectivity index (χ0n) is 10.7. The van der Waals surface area contributed by atoms with E-state index in [1.807, 2.05) is 27.7 Å². The summed E-state index contributed by atoms with van der Waals surface area (Å²) in [5, 5.41) is 0. The number of hydrazine groups is 1. The Labute approximate surface area is 97.6 Å². The van der Waals surface area contributed by atoms with Crippen LogP contribution < -0.4 is 11.3 Å². The largest absolute Gasteiger partial charge is 0.373 e. The number of nitrogens with one attached hydrogen (secondary N) is 1. The zero-order chi connectivity index (χ0) is 12.6. The molecule has 1 amide bonds. The summed E-state index contributed by atoms with van der Waals surface area (Å²) < 4.78 is 10.9. The molecule has 0 bridgehead atoms. The number of ether oxygens (including phenoxy) is 2. The molecule has 0 aliphatic rings. The summed E-state index contributed by atoms with van der Waals surface area (Å²) in [7, 11) is 0. The number of nitrogens with two attached hydrogens (primary N) is 1. The molecule has 0 aromatic carbocycles. The van der Waals surface area contributed by atoms with Crippen LogP contribution in [0.5, 0.6) is 0 Å². The maximum absolute atomic E-state index is 11.3. The SMILES string of the molecule is CCCC(OCCOC(C)(C)C)C(=O)NN. The number of rotatable bonds is 7. The second-order valence-corrected chi connectivity index (χ2v) is 4.62. The number of carbonyl (C=O) groups excluding carboxylic acids is 1. The minimum Gasteiger partial charge on any atom is -0.373 e. The Bertz CT molecular complexity index is 202. The van der Waals surface area contributed by atoms with Crippen molar-refractivity contribution in [2.75, 3.05) is 13.2 Å². The summed E-state index contributed by atoms with van der Waals surface area (Å²) in [5.74, 6) is 4.79. The zero-order valence-corrected chi connectivity index (χ0v) is 10.7. The van der Waals surface area contributed by atoms with Crippen molar-refractivity contribution in [2.45, 2.75) is 52.2 Å². The molecule has 5 heteroatoms. The van der Waals surface area contributed by atoms with E-state index >= 15 is 0 Å². The molecule has 1 unspecified atom stereocenters. The molecule has 0 saturated carbocycles. The third-order valence-electron chi connectivity index (χ3n) is 1.92. The molecule has 5 nitrogen and oxygen atoms in total. The van der Waals surface area contributed by atoms with E-state index in [2.05, 4.69) is 5.43 Å². The van der Waals surface area contributed by atoms with Crippen LogP contribution in [0.25, 0.3) is 0 Å². The van der Waals surface area contributed by atoms with Gasteiger partial charge in [-0.2, -0.15) is 0 Å². The van der Waals surface area contributed by atoms with Gasteiger partial charge in [0.1, 0.15) is 6.10 Å². The highest BCUT2D eigenvalue weighted by Crippen LogP contribution is 2.07. The molecule has 0 radical (unpaired) electrons. The summed E-state index contributed by atoms with van der Waals surface area (Å²) in [6, 6.07) is 0. The van der Waals surface area contributed by atoms with Crippen molar-refractivity contribution >= 4 is 5.91 Å². The molecule has 0 aliphatic carbocycles. The van der Waals surface area contributed by atoms with Gasteiger partial charge in [-0.05, 0) is 27.2 Å². The van der Waals surface area contributed by atoms with Crippen LogP contribution in [0.3, 0.4) is 0 Å². The van der Waals surface area contributed by atoms with Crippen molar-refractivity contribution in [3.8, 4) is 0 Å². The van der Waals surface area contributed by atoms with E-state index in [1.165, 1.54) is 0 Å². The molecule has 0 aromatic heterocycles. The lowest BCUT2D eigenvalue weighted by Crippen LogP contribution is -2.41. The van der Waals surface area contributed by atoms with E-state index in [9.17, 15) is 4.79 Å². The average molecular weight is 232 g/mol. The number of hydrogen-bond donors (Lipinski definition) is 2. The summed E-state index contributed by atoms with van der Waals surface area (Å²) in [5.41, 5.74) is 1.92. The molecule has 16 heavy (non-hydrogen) atoms. The first-order valence-electron chi connectivity index (χ1n) is 5.66. The smallest absolute Gasteiger partial charge is 0.262 e. The summed E-state index contributed by atoms with van der Waals surface area (Å²) in [6.45, 7) is 8.79. The third kappa shape index (κ3) is 7.62. The van der Waals surface area contributed by atoms with E-state index in [-0.39, 0.29) is 11.5 Å². The van der Waals surface area contributed by atoms with Crippen LogP contribution in [0.4, 0.5) is 0 Å². The Morgan fingerprint density at radius 2 is 2.00 bits per heavy atom. The van der Waals surface area contributed by atoms with Crippen molar-refractivity contribution in [2.24, 2.45) is 5.84 Å². The molecule has 0 aliphatic heterocycles. The van der Waals surface area contributed by atoms with Crippen LogP contribution in [-0.2, 0) is 14.3 Å². The van der Waals surface area contributed by atoms with Crippen LogP contribution in [0.2, 0.25) is 0 Å². The quantitative estimate of drug-likeness (QED) is 0.297. The predicted octanol–water partition coefficient (Wildman–Crippen LogP) is 0.977.